The van der Waals surface area contributed by atoms with Crippen molar-refractivity contribution in [2.45, 2.75) is 45.1 Å². The van der Waals surface area contributed by atoms with Gasteiger partial charge in [0.25, 0.3) is 0 Å². The summed E-state index contributed by atoms with van der Waals surface area (Å²) in [6.07, 6.45) is 4.16. The van der Waals surface area contributed by atoms with Gasteiger partial charge in [-0.25, -0.2) is 13.1 Å². The van der Waals surface area contributed by atoms with E-state index in [0.717, 1.165) is 43.3 Å². The van der Waals surface area contributed by atoms with Crippen molar-refractivity contribution in [1.82, 2.24) is 9.62 Å². The molecule has 0 aliphatic carbocycles. The van der Waals surface area contributed by atoms with Gasteiger partial charge in [0.15, 0.2) is 0 Å². The predicted molar refractivity (Wildman–Crippen MR) is 101 cm³/mol. The molecule has 0 bridgehead atoms. The van der Waals surface area contributed by atoms with E-state index >= 15 is 0 Å². The van der Waals surface area contributed by atoms with E-state index in [1.54, 1.807) is 0 Å². The lowest BCUT2D eigenvalue weighted by Gasteiger charge is -2.35. The fraction of sp³-hybridized carbons (Fsp3) is 0.611. The van der Waals surface area contributed by atoms with Crippen molar-refractivity contribution in [1.29, 1.82) is 0 Å². The summed E-state index contributed by atoms with van der Waals surface area (Å²) >= 11 is 0. The molecule has 0 radical (unpaired) electrons. The topological polar surface area (TPSA) is 78.5 Å². The molecule has 1 aliphatic heterocycles. The second-order valence-electron chi connectivity index (χ2n) is 7.03. The number of para-hydroxylation sites is 1. The largest absolute Gasteiger partial charge is 0.325 e. The van der Waals surface area contributed by atoms with Gasteiger partial charge < -0.3 is 5.32 Å². The highest BCUT2D eigenvalue weighted by molar-refractivity contribution is 7.88. The van der Waals surface area contributed by atoms with E-state index in [2.05, 4.69) is 28.8 Å². The van der Waals surface area contributed by atoms with E-state index in [1.165, 1.54) is 0 Å². The van der Waals surface area contributed by atoms with Crippen LogP contribution in [0.5, 0.6) is 0 Å². The average molecular weight is 368 g/mol. The van der Waals surface area contributed by atoms with Gasteiger partial charge in [-0.05, 0) is 36.9 Å². The number of sulfonamides is 1. The van der Waals surface area contributed by atoms with Gasteiger partial charge in [-0.2, -0.15) is 0 Å². The van der Waals surface area contributed by atoms with Gasteiger partial charge in [-0.1, -0.05) is 38.5 Å². The number of likely N-dealkylation sites (tertiary alicyclic amines) is 1. The summed E-state index contributed by atoms with van der Waals surface area (Å²) in [7, 11) is -3.22. The molecule has 1 aromatic carbocycles. The molecule has 0 aromatic heterocycles. The van der Waals surface area contributed by atoms with E-state index in [4.69, 9.17) is 0 Å². The Morgan fingerprint density at radius 2 is 2.00 bits per heavy atom. The second kappa shape index (κ2) is 8.78. The minimum absolute atomic E-state index is 0.0562. The average Bonchev–Trinajstić information content (AvgIpc) is 2.53. The van der Waals surface area contributed by atoms with Crippen molar-refractivity contribution < 1.29 is 13.2 Å². The molecule has 0 saturated carbocycles. The van der Waals surface area contributed by atoms with Crippen LogP contribution in [-0.4, -0.2) is 51.2 Å². The van der Waals surface area contributed by atoms with Gasteiger partial charge in [0.05, 0.1) is 12.8 Å². The van der Waals surface area contributed by atoms with Crippen LogP contribution in [0.15, 0.2) is 24.3 Å². The van der Waals surface area contributed by atoms with Crippen molar-refractivity contribution >= 4 is 21.6 Å². The molecule has 1 atom stereocenters. The molecule has 1 amide bonds. The van der Waals surface area contributed by atoms with E-state index in [-0.39, 0.29) is 18.5 Å². The van der Waals surface area contributed by atoms with Crippen LogP contribution in [0.2, 0.25) is 0 Å². The molecule has 1 fully saturated rings. The molecular formula is C18H29N3O3S. The monoisotopic (exact) mass is 367 g/mol. The summed E-state index contributed by atoms with van der Waals surface area (Å²) in [6.45, 7) is 5.65. The van der Waals surface area contributed by atoms with Crippen LogP contribution in [0.25, 0.3) is 0 Å². The zero-order chi connectivity index (χ0) is 18.4. The lowest BCUT2D eigenvalue weighted by molar-refractivity contribution is -0.118. The highest BCUT2D eigenvalue weighted by Crippen LogP contribution is 2.24. The Morgan fingerprint density at radius 3 is 2.68 bits per heavy atom. The Labute approximate surface area is 151 Å². The number of benzene rings is 1. The first-order valence-corrected chi connectivity index (χ1v) is 10.7. The first-order chi connectivity index (χ1) is 11.8. The number of nitrogens with zero attached hydrogens (tertiary/aromatic N) is 1. The summed E-state index contributed by atoms with van der Waals surface area (Å²) in [5.74, 6) is 0.276. The second-order valence-corrected chi connectivity index (χ2v) is 8.86. The van der Waals surface area contributed by atoms with Gasteiger partial charge in [-0.15, -0.1) is 0 Å². The molecule has 25 heavy (non-hydrogen) atoms. The maximum absolute atomic E-state index is 12.5. The molecule has 2 rings (SSSR count). The van der Waals surface area contributed by atoms with Crippen LogP contribution in [0, 0.1) is 0 Å². The Balaban J connectivity index is 1.98. The summed E-state index contributed by atoms with van der Waals surface area (Å²) in [6, 6.07) is 7.91. The number of nitrogens with one attached hydrogen (secondary N) is 2. The Kier molecular flexibility index (Phi) is 6.98. The number of piperidine rings is 1. The van der Waals surface area contributed by atoms with E-state index in [1.807, 2.05) is 24.3 Å². The van der Waals surface area contributed by atoms with Gasteiger partial charge in [0, 0.05) is 18.3 Å². The number of carbonyl (C=O) groups is 1. The molecule has 6 nitrogen and oxygen atoms in total. The third-order valence-corrected chi connectivity index (χ3v) is 5.22. The molecule has 7 heteroatoms. The fourth-order valence-corrected chi connectivity index (χ4v) is 3.73. The van der Waals surface area contributed by atoms with E-state index in [0.29, 0.717) is 12.5 Å². The highest BCUT2D eigenvalue weighted by atomic mass is 32.2. The van der Waals surface area contributed by atoms with E-state index in [9.17, 15) is 13.2 Å². The third-order valence-electron chi connectivity index (χ3n) is 4.53. The Bertz CT molecular complexity index is 689. The summed E-state index contributed by atoms with van der Waals surface area (Å²) in [5.41, 5.74) is 1.97. The standard InChI is InChI=1S/C18H29N3O3S/c1-14(2)16-9-4-5-10-17(16)20-18(22)13-21-11-7-6-8-15(21)12-19-25(3,23)24/h4-5,9-10,14-15,19H,6-8,11-13H2,1-3H3,(H,20,22)/t15-/m1/s1. The molecule has 0 spiro atoms. The number of anilines is 1. The lowest BCUT2D eigenvalue weighted by Crippen LogP contribution is -2.49. The fourth-order valence-electron chi connectivity index (χ4n) is 3.24. The van der Waals surface area contributed by atoms with Crippen molar-refractivity contribution in [3.05, 3.63) is 29.8 Å². The number of carbonyl (C=O) groups excluding carboxylic acids is 1. The molecule has 0 unspecified atom stereocenters. The molecular weight excluding hydrogens is 338 g/mol. The highest BCUT2D eigenvalue weighted by Gasteiger charge is 2.25. The summed E-state index contributed by atoms with van der Waals surface area (Å²) < 4.78 is 25.2. The molecule has 2 N–H and O–H groups in total. The first-order valence-electron chi connectivity index (χ1n) is 8.83. The Hall–Kier alpha value is -1.44. The number of hydrogen-bond donors (Lipinski definition) is 2. The van der Waals surface area contributed by atoms with Gasteiger partial charge >= 0.3 is 0 Å². The van der Waals surface area contributed by atoms with Crippen LogP contribution >= 0.6 is 0 Å². The van der Waals surface area contributed by atoms with Crippen molar-refractivity contribution in [3.63, 3.8) is 0 Å². The molecule has 1 saturated heterocycles. The third kappa shape index (κ3) is 6.41. The number of hydrogen-bond acceptors (Lipinski definition) is 4. The van der Waals surface area contributed by atoms with Crippen molar-refractivity contribution in [2.24, 2.45) is 0 Å². The summed E-state index contributed by atoms with van der Waals surface area (Å²) in [4.78, 5) is 14.6. The van der Waals surface area contributed by atoms with Crippen LogP contribution in [0.3, 0.4) is 0 Å². The van der Waals surface area contributed by atoms with Gasteiger partial charge in [0.2, 0.25) is 15.9 Å². The van der Waals surface area contributed by atoms with Crippen LogP contribution in [-0.2, 0) is 14.8 Å². The van der Waals surface area contributed by atoms with Gasteiger partial charge in [-0.3, -0.25) is 9.69 Å². The van der Waals surface area contributed by atoms with E-state index < -0.39 is 10.0 Å². The zero-order valence-corrected chi connectivity index (χ0v) is 16.1. The Morgan fingerprint density at radius 1 is 1.28 bits per heavy atom. The minimum Gasteiger partial charge on any atom is -0.325 e. The summed E-state index contributed by atoms with van der Waals surface area (Å²) in [5, 5.41) is 3.01. The molecule has 1 aliphatic rings. The lowest BCUT2D eigenvalue weighted by atomic mass is 10.0. The van der Waals surface area contributed by atoms with Crippen LogP contribution in [0.1, 0.15) is 44.6 Å². The van der Waals surface area contributed by atoms with Crippen LogP contribution < -0.4 is 10.0 Å². The zero-order valence-electron chi connectivity index (χ0n) is 15.3. The molecule has 140 valence electrons. The number of amides is 1. The maximum atomic E-state index is 12.5. The number of rotatable bonds is 7. The first kappa shape index (κ1) is 19.9. The SMILES string of the molecule is CC(C)c1ccccc1NC(=O)CN1CCCC[C@@H]1CNS(C)(=O)=O. The minimum atomic E-state index is -3.22. The molecule has 1 aromatic rings. The van der Waals surface area contributed by atoms with Crippen LogP contribution in [0.4, 0.5) is 5.69 Å². The quantitative estimate of drug-likeness (QED) is 0.774. The smallest absolute Gasteiger partial charge is 0.238 e. The van der Waals surface area contributed by atoms with Gasteiger partial charge in [0.1, 0.15) is 0 Å². The molecule has 1 heterocycles. The predicted octanol–water partition coefficient (Wildman–Crippen LogP) is 2.15. The van der Waals surface area contributed by atoms with Crippen molar-refractivity contribution in [2.75, 3.05) is 31.2 Å². The maximum Gasteiger partial charge on any atom is 0.238 e. The van der Waals surface area contributed by atoms with Crippen molar-refractivity contribution in [3.8, 4) is 0 Å². The normalized spacial score (nSPS) is 19.1.